The molecule has 1 atom stereocenters. The van der Waals surface area contributed by atoms with Gasteiger partial charge >= 0.3 is 0 Å². The van der Waals surface area contributed by atoms with E-state index >= 15 is 0 Å². The van der Waals surface area contributed by atoms with Gasteiger partial charge in [-0.05, 0) is 35.6 Å². The normalized spacial score (nSPS) is 18.7. The molecule has 0 radical (unpaired) electrons. The molecule has 0 fully saturated rings. The first-order valence-corrected chi connectivity index (χ1v) is 8.69. The van der Waals surface area contributed by atoms with Gasteiger partial charge in [0.2, 0.25) is 0 Å². The van der Waals surface area contributed by atoms with Crippen molar-refractivity contribution in [1.29, 1.82) is 0 Å². The van der Waals surface area contributed by atoms with E-state index < -0.39 is 0 Å². The molecule has 0 bridgehead atoms. The fourth-order valence-electron chi connectivity index (χ4n) is 3.66. The Morgan fingerprint density at radius 3 is 2.92 bits per heavy atom. The minimum atomic E-state index is 0.575. The van der Waals surface area contributed by atoms with Gasteiger partial charge in [0.25, 0.3) is 0 Å². The highest BCUT2D eigenvalue weighted by molar-refractivity contribution is 5.91. The molecule has 24 heavy (non-hydrogen) atoms. The zero-order chi connectivity index (χ0) is 16.4. The number of H-pyrrole nitrogens is 1. The minimum Gasteiger partial charge on any atom is -0.346 e. The first kappa shape index (κ1) is 15.2. The molecular formula is C21H23N3. The lowest BCUT2D eigenvalue weighted by atomic mass is 9.95. The number of hydrogen-bond acceptors (Lipinski definition) is 2. The van der Waals surface area contributed by atoms with Crippen molar-refractivity contribution in [2.24, 2.45) is 5.92 Å². The summed E-state index contributed by atoms with van der Waals surface area (Å²) in [6.07, 6.45) is 7.48. The van der Waals surface area contributed by atoms with Gasteiger partial charge in [-0.2, -0.15) is 0 Å². The van der Waals surface area contributed by atoms with Gasteiger partial charge < -0.3 is 4.98 Å². The Morgan fingerprint density at radius 2 is 2.04 bits per heavy atom. The molecule has 0 spiro atoms. The van der Waals surface area contributed by atoms with Gasteiger partial charge in [-0.25, -0.2) is 4.98 Å². The molecule has 3 heteroatoms. The summed E-state index contributed by atoms with van der Waals surface area (Å²) in [5.74, 6) is 0.575. The minimum absolute atomic E-state index is 0.575. The van der Waals surface area contributed by atoms with E-state index in [4.69, 9.17) is 0 Å². The summed E-state index contributed by atoms with van der Waals surface area (Å²) in [5, 5.41) is 1.22. The predicted molar refractivity (Wildman–Crippen MR) is 99.8 cm³/mol. The number of pyridine rings is 1. The predicted octanol–water partition coefficient (Wildman–Crippen LogP) is 4.14. The van der Waals surface area contributed by atoms with E-state index in [0.29, 0.717) is 5.92 Å². The summed E-state index contributed by atoms with van der Waals surface area (Å²) < 4.78 is 0. The van der Waals surface area contributed by atoms with E-state index in [1.165, 1.54) is 22.1 Å². The van der Waals surface area contributed by atoms with Crippen LogP contribution in [-0.2, 0) is 6.42 Å². The number of hydrogen-bond donors (Lipinski definition) is 1. The van der Waals surface area contributed by atoms with Crippen molar-refractivity contribution in [2.45, 2.75) is 13.3 Å². The molecule has 1 aliphatic heterocycles. The molecule has 3 aromatic rings. The third-order valence-electron chi connectivity index (χ3n) is 4.78. The molecule has 122 valence electrons. The lowest BCUT2D eigenvalue weighted by molar-refractivity contribution is 0.275. The first-order valence-electron chi connectivity index (χ1n) is 8.69. The second-order valence-electron chi connectivity index (χ2n) is 6.74. The van der Waals surface area contributed by atoms with Gasteiger partial charge in [-0.3, -0.25) is 4.90 Å². The standard InChI is InChI=1S/C21H23N3/c1-16-12-18(20-13-23-21-19(20)8-5-10-22-21)15-24(14-16)11-9-17-6-3-2-4-7-17/h2-8,10,12-13,16H,9,11,14-15H2,1H3,(H,22,23). The van der Waals surface area contributed by atoms with Crippen molar-refractivity contribution < 1.29 is 0 Å². The molecule has 0 amide bonds. The molecule has 3 nitrogen and oxygen atoms in total. The quantitative estimate of drug-likeness (QED) is 0.784. The van der Waals surface area contributed by atoms with Gasteiger partial charge in [0.05, 0.1) is 0 Å². The fraction of sp³-hybridized carbons (Fsp3) is 0.286. The molecule has 3 heterocycles. The summed E-state index contributed by atoms with van der Waals surface area (Å²) in [6.45, 7) is 5.56. The molecule has 1 N–H and O–H groups in total. The largest absolute Gasteiger partial charge is 0.346 e. The third kappa shape index (κ3) is 3.13. The summed E-state index contributed by atoms with van der Waals surface area (Å²) >= 11 is 0. The summed E-state index contributed by atoms with van der Waals surface area (Å²) in [7, 11) is 0. The Bertz CT molecular complexity index is 848. The van der Waals surface area contributed by atoms with E-state index in [1.54, 1.807) is 0 Å². The Hall–Kier alpha value is -2.39. The Balaban J connectivity index is 1.52. The summed E-state index contributed by atoms with van der Waals surface area (Å²) in [6, 6.07) is 14.9. The molecule has 1 unspecified atom stereocenters. The van der Waals surface area contributed by atoms with E-state index in [1.807, 2.05) is 12.3 Å². The lowest BCUT2D eigenvalue weighted by Crippen LogP contribution is -2.35. The van der Waals surface area contributed by atoms with Crippen LogP contribution in [0.1, 0.15) is 18.1 Å². The number of fused-ring (bicyclic) bond motifs is 1. The monoisotopic (exact) mass is 317 g/mol. The van der Waals surface area contributed by atoms with Gasteiger partial charge in [0, 0.05) is 43.0 Å². The smallest absolute Gasteiger partial charge is 0.137 e. The third-order valence-corrected chi connectivity index (χ3v) is 4.78. The maximum atomic E-state index is 4.41. The van der Waals surface area contributed by atoms with Crippen LogP contribution in [0.15, 0.2) is 60.9 Å². The van der Waals surface area contributed by atoms with Crippen LogP contribution in [0.5, 0.6) is 0 Å². The Labute approximate surface area is 143 Å². The number of aromatic amines is 1. The van der Waals surface area contributed by atoms with E-state index in [2.05, 4.69) is 70.5 Å². The van der Waals surface area contributed by atoms with Crippen LogP contribution < -0.4 is 0 Å². The van der Waals surface area contributed by atoms with E-state index in [0.717, 1.165) is 31.7 Å². The molecular weight excluding hydrogens is 294 g/mol. The fourth-order valence-corrected chi connectivity index (χ4v) is 3.66. The maximum absolute atomic E-state index is 4.41. The van der Waals surface area contributed by atoms with Gasteiger partial charge in [-0.15, -0.1) is 0 Å². The van der Waals surface area contributed by atoms with Crippen LogP contribution in [0.2, 0.25) is 0 Å². The number of aromatic nitrogens is 2. The summed E-state index contributed by atoms with van der Waals surface area (Å²) in [4.78, 5) is 10.3. The first-order chi connectivity index (χ1) is 11.8. The van der Waals surface area contributed by atoms with Crippen LogP contribution in [0, 0.1) is 5.92 Å². The van der Waals surface area contributed by atoms with Crippen LogP contribution in [0.4, 0.5) is 0 Å². The van der Waals surface area contributed by atoms with Gasteiger partial charge in [0.15, 0.2) is 0 Å². The Kier molecular flexibility index (Phi) is 4.18. The molecule has 0 saturated heterocycles. The molecule has 0 aliphatic carbocycles. The zero-order valence-electron chi connectivity index (χ0n) is 14.1. The molecule has 2 aromatic heterocycles. The van der Waals surface area contributed by atoms with E-state index in [9.17, 15) is 0 Å². The maximum Gasteiger partial charge on any atom is 0.137 e. The van der Waals surface area contributed by atoms with Crippen molar-refractivity contribution in [2.75, 3.05) is 19.6 Å². The van der Waals surface area contributed by atoms with Crippen molar-refractivity contribution in [3.63, 3.8) is 0 Å². The highest BCUT2D eigenvalue weighted by Gasteiger charge is 2.20. The van der Waals surface area contributed by atoms with Crippen LogP contribution in [0.25, 0.3) is 16.6 Å². The van der Waals surface area contributed by atoms with Crippen molar-refractivity contribution in [1.82, 2.24) is 14.9 Å². The zero-order valence-corrected chi connectivity index (χ0v) is 14.1. The van der Waals surface area contributed by atoms with Gasteiger partial charge in [-0.1, -0.05) is 43.3 Å². The second-order valence-corrected chi connectivity index (χ2v) is 6.74. The number of nitrogens with one attached hydrogen (secondary N) is 1. The van der Waals surface area contributed by atoms with Gasteiger partial charge in [0.1, 0.15) is 5.65 Å². The highest BCUT2D eigenvalue weighted by atomic mass is 15.1. The molecule has 1 aromatic carbocycles. The van der Waals surface area contributed by atoms with Crippen LogP contribution >= 0.6 is 0 Å². The molecule has 1 aliphatic rings. The number of benzene rings is 1. The highest BCUT2D eigenvalue weighted by Crippen LogP contribution is 2.28. The van der Waals surface area contributed by atoms with E-state index in [-0.39, 0.29) is 0 Å². The average molecular weight is 317 g/mol. The average Bonchev–Trinajstić information content (AvgIpc) is 3.05. The van der Waals surface area contributed by atoms with Crippen molar-refractivity contribution in [3.8, 4) is 0 Å². The SMILES string of the molecule is CC1C=C(c2c[nH]c3ncccc23)CN(CCc2ccccc2)C1. The van der Waals surface area contributed by atoms with Crippen LogP contribution in [-0.4, -0.2) is 34.5 Å². The number of rotatable bonds is 4. The topological polar surface area (TPSA) is 31.9 Å². The Morgan fingerprint density at radius 1 is 1.17 bits per heavy atom. The number of nitrogens with zero attached hydrogens (tertiary/aromatic N) is 2. The van der Waals surface area contributed by atoms with Crippen molar-refractivity contribution in [3.05, 3.63) is 72.1 Å². The lowest BCUT2D eigenvalue weighted by Gasteiger charge is -2.30. The molecule has 4 rings (SSSR count). The van der Waals surface area contributed by atoms with Crippen LogP contribution in [0.3, 0.4) is 0 Å². The van der Waals surface area contributed by atoms with Crippen molar-refractivity contribution >= 4 is 16.6 Å². The molecule has 0 saturated carbocycles. The second kappa shape index (κ2) is 6.62. The summed E-state index contributed by atoms with van der Waals surface area (Å²) in [5.41, 5.74) is 5.11.